The second kappa shape index (κ2) is 5.24. The van der Waals surface area contributed by atoms with E-state index in [9.17, 15) is 18.0 Å². The molecule has 0 aromatic heterocycles. The van der Waals surface area contributed by atoms with Crippen molar-refractivity contribution in [3.8, 4) is 0 Å². The molecule has 0 atom stereocenters. The van der Waals surface area contributed by atoms with E-state index in [1.807, 2.05) is 6.92 Å². The van der Waals surface area contributed by atoms with Gasteiger partial charge in [0.1, 0.15) is 0 Å². The third kappa shape index (κ3) is 2.59. The van der Waals surface area contributed by atoms with Gasteiger partial charge in [0.2, 0.25) is 0 Å². The van der Waals surface area contributed by atoms with Gasteiger partial charge < -0.3 is 11.1 Å². The summed E-state index contributed by atoms with van der Waals surface area (Å²) in [5, 5.41) is 2.35. The fourth-order valence-corrected chi connectivity index (χ4v) is 1.69. The van der Waals surface area contributed by atoms with Crippen LogP contribution in [-0.2, 0) is 0 Å². The molecule has 20 heavy (non-hydrogen) atoms. The first kappa shape index (κ1) is 13.9. The van der Waals surface area contributed by atoms with E-state index in [-0.39, 0.29) is 5.69 Å². The minimum Gasteiger partial charge on any atom is -0.397 e. The van der Waals surface area contributed by atoms with Crippen LogP contribution in [0.3, 0.4) is 0 Å². The first-order chi connectivity index (χ1) is 9.40. The maximum atomic E-state index is 13.5. The molecule has 3 N–H and O–H groups in total. The summed E-state index contributed by atoms with van der Waals surface area (Å²) in [7, 11) is 0. The van der Waals surface area contributed by atoms with Gasteiger partial charge in [-0.2, -0.15) is 0 Å². The largest absolute Gasteiger partial charge is 0.397 e. The van der Waals surface area contributed by atoms with Crippen molar-refractivity contribution in [1.82, 2.24) is 0 Å². The Morgan fingerprint density at radius 2 is 1.80 bits per heavy atom. The van der Waals surface area contributed by atoms with Crippen LogP contribution in [0.4, 0.5) is 24.5 Å². The number of amides is 1. The molecule has 0 aliphatic heterocycles. The molecule has 0 saturated carbocycles. The van der Waals surface area contributed by atoms with Crippen LogP contribution in [0, 0.1) is 24.4 Å². The smallest absolute Gasteiger partial charge is 0.258 e. The third-order valence-corrected chi connectivity index (χ3v) is 2.74. The zero-order valence-electron chi connectivity index (χ0n) is 10.5. The highest BCUT2D eigenvalue weighted by Crippen LogP contribution is 2.22. The predicted molar refractivity (Wildman–Crippen MR) is 69.9 cm³/mol. The van der Waals surface area contributed by atoms with E-state index >= 15 is 0 Å². The second-order valence-corrected chi connectivity index (χ2v) is 4.27. The molecule has 2 aromatic carbocycles. The van der Waals surface area contributed by atoms with E-state index in [1.165, 1.54) is 0 Å². The number of hydrogen-bond donors (Lipinski definition) is 2. The first-order valence-electron chi connectivity index (χ1n) is 5.71. The minimum atomic E-state index is -1.69. The first-order valence-corrected chi connectivity index (χ1v) is 5.71. The van der Waals surface area contributed by atoms with Gasteiger partial charge in [0.15, 0.2) is 17.5 Å². The molecule has 1 amide bonds. The normalized spacial score (nSPS) is 10.4. The van der Waals surface area contributed by atoms with Gasteiger partial charge in [-0.1, -0.05) is 6.07 Å². The summed E-state index contributed by atoms with van der Waals surface area (Å²) < 4.78 is 39.3. The van der Waals surface area contributed by atoms with Crippen LogP contribution in [-0.4, -0.2) is 5.91 Å². The Bertz CT molecular complexity index is 686. The zero-order chi connectivity index (χ0) is 14.9. The van der Waals surface area contributed by atoms with E-state index in [0.717, 1.165) is 11.6 Å². The fourth-order valence-electron chi connectivity index (χ4n) is 1.69. The monoisotopic (exact) mass is 280 g/mol. The number of benzene rings is 2. The van der Waals surface area contributed by atoms with E-state index in [0.29, 0.717) is 11.8 Å². The van der Waals surface area contributed by atoms with Crippen LogP contribution >= 0.6 is 0 Å². The van der Waals surface area contributed by atoms with Gasteiger partial charge in [0.25, 0.3) is 5.91 Å². The van der Waals surface area contributed by atoms with Crippen LogP contribution in [0.1, 0.15) is 15.9 Å². The Balaban J connectivity index is 2.31. The lowest BCUT2D eigenvalue weighted by Gasteiger charge is -2.09. The summed E-state index contributed by atoms with van der Waals surface area (Å²) in [6.45, 7) is 1.82. The van der Waals surface area contributed by atoms with Crippen LogP contribution in [0.2, 0.25) is 0 Å². The SMILES string of the molecule is Cc1ccc(NC(=O)c2ccc(F)c(F)c2F)c(N)c1. The number of nitrogens with one attached hydrogen (secondary N) is 1. The van der Waals surface area contributed by atoms with Crippen molar-refractivity contribution in [2.24, 2.45) is 0 Å². The summed E-state index contributed by atoms with van der Waals surface area (Å²) in [5.41, 5.74) is 6.55. The fraction of sp³-hybridized carbons (Fsp3) is 0.0714. The average Bonchev–Trinajstić information content (AvgIpc) is 2.39. The molecule has 0 saturated heterocycles. The van der Waals surface area contributed by atoms with E-state index in [1.54, 1.807) is 18.2 Å². The lowest BCUT2D eigenvalue weighted by atomic mass is 10.1. The number of carbonyl (C=O) groups is 1. The number of rotatable bonds is 2. The Hall–Kier alpha value is -2.50. The van der Waals surface area contributed by atoms with Crippen molar-refractivity contribution in [3.63, 3.8) is 0 Å². The summed E-state index contributed by atoms with van der Waals surface area (Å²) >= 11 is 0. The molecule has 2 rings (SSSR count). The molecular formula is C14H11F3N2O. The number of anilines is 2. The van der Waals surface area contributed by atoms with Crippen molar-refractivity contribution >= 4 is 17.3 Å². The summed E-state index contributed by atoms with van der Waals surface area (Å²) in [5.74, 6) is -5.48. The van der Waals surface area contributed by atoms with Crippen LogP contribution in [0.25, 0.3) is 0 Å². The van der Waals surface area contributed by atoms with Crippen molar-refractivity contribution < 1.29 is 18.0 Å². The molecule has 0 bridgehead atoms. The zero-order valence-corrected chi connectivity index (χ0v) is 10.5. The number of nitrogens with two attached hydrogens (primary N) is 1. The number of carbonyl (C=O) groups excluding carboxylic acids is 1. The quantitative estimate of drug-likeness (QED) is 0.655. The molecule has 3 nitrogen and oxygen atoms in total. The van der Waals surface area contributed by atoms with Gasteiger partial charge in [-0.25, -0.2) is 13.2 Å². The average molecular weight is 280 g/mol. The van der Waals surface area contributed by atoms with Crippen molar-refractivity contribution in [2.45, 2.75) is 6.92 Å². The maximum absolute atomic E-state index is 13.5. The molecular weight excluding hydrogens is 269 g/mol. The van der Waals surface area contributed by atoms with Crippen molar-refractivity contribution in [3.05, 3.63) is 58.9 Å². The Morgan fingerprint density at radius 1 is 1.10 bits per heavy atom. The molecule has 0 heterocycles. The number of nitrogen functional groups attached to an aromatic ring is 1. The summed E-state index contributed by atoms with van der Waals surface area (Å²) in [4.78, 5) is 11.8. The number of hydrogen-bond acceptors (Lipinski definition) is 2. The molecule has 6 heteroatoms. The van der Waals surface area contributed by atoms with Gasteiger partial charge in [0, 0.05) is 0 Å². The highest BCUT2D eigenvalue weighted by Gasteiger charge is 2.19. The minimum absolute atomic E-state index is 0.268. The van der Waals surface area contributed by atoms with Gasteiger partial charge in [-0.3, -0.25) is 4.79 Å². The molecule has 0 fully saturated rings. The summed E-state index contributed by atoms with van der Waals surface area (Å²) in [6.07, 6.45) is 0. The van der Waals surface area contributed by atoms with Gasteiger partial charge in [-0.05, 0) is 36.8 Å². The van der Waals surface area contributed by atoms with Crippen LogP contribution in [0.5, 0.6) is 0 Å². The molecule has 0 aliphatic rings. The summed E-state index contributed by atoms with van der Waals surface area (Å²) in [6, 6.07) is 6.42. The van der Waals surface area contributed by atoms with Crippen molar-refractivity contribution in [1.29, 1.82) is 0 Å². The van der Waals surface area contributed by atoms with E-state index in [4.69, 9.17) is 5.73 Å². The molecule has 0 spiro atoms. The van der Waals surface area contributed by atoms with Crippen LogP contribution in [0.15, 0.2) is 30.3 Å². The molecule has 0 radical (unpaired) electrons. The topological polar surface area (TPSA) is 55.1 Å². The van der Waals surface area contributed by atoms with Gasteiger partial charge in [0.05, 0.1) is 16.9 Å². The predicted octanol–water partition coefficient (Wildman–Crippen LogP) is 3.25. The molecule has 104 valence electrons. The third-order valence-electron chi connectivity index (χ3n) is 2.74. The van der Waals surface area contributed by atoms with E-state index < -0.39 is 28.9 Å². The highest BCUT2D eigenvalue weighted by molar-refractivity contribution is 6.05. The van der Waals surface area contributed by atoms with Gasteiger partial charge >= 0.3 is 0 Å². The lowest BCUT2D eigenvalue weighted by molar-refractivity contribution is 0.102. The highest BCUT2D eigenvalue weighted by atomic mass is 19.2. The number of aryl methyl sites for hydroxylation is 1. The molecule has 0 aliphatic carbocycles. The Morgan fingerprint density at radius 3 is 2.45 bits per heavy atom. The molecule has 2 aromatic rings. The Kier molecular flexibility index (Phi) is 3.65. The van der Waals surface area contributed by atoms with Gasteiger partial charge in [-0.15, -0.1) is 0 Å². The maximum Gasteiger partial charge on any atom is 0.258 e. The molecule has 0 unspecified atom stereocenters. The van der Waals surface area contributed by atoms with Crippen LogP contribution < -0.4 is 11.1 Å². The van der Waals surface area contributed by atoms with Crippen molar-refractivity contribution in [2.75, 3.05) is 11.1 Å². The lowest BCUT2D eigenvalue weighted by Crippen LogP contribution is -2.16. The Labute approximate surface area is 113 Å². The second-order valence-electron chi connectivity index (χ2n) is 4.27. The standard InChI is InChI=1S/C14H11F3N2O/c1-7-2-5-11(10(18)6-7)19-14(20)8-3-4-9(15)13(17)12(8)16/h2-6H,18H2,1H3,(H,19,20). The number of halogens is 3. The van der Waals surface area contributed by atoms with E-state index in [2.05, 4.69) is 5.32 Å².